The normalized spacial score (nSPS) is 19.3. The largest absolute Gasteiger partial charge is 0.458 e. The number of carbonyl (C=O) groups excluding carboxylic acids is 2. The van der Waals surface area contributed by atoms with E-state index in [0.29, 0.717) is 47.3 Å². The Morgan fingerprint density at radius 2 is 1.80 bits per heavy atom. The summed E-state index contributed by atoms with van der Waals surface area (Å²) >= 11 is 0. The summed E-state index contributed by atoms with van der Waals surface area (Å²) in [6, 6.07) is 7.96. The average Bonchev–Trinajstić information content (AvgIpc) is 3.44. The SMILES string of the molecule is CCCCN(CCCC)C1CCN(C(=O)Oc2ccc(CC)c3nc4c(cc23)Cn2c-4cc3c(c2=O)COC(=O)C3(O)CC)CC1. The number of hydrogen-bond acceptors (Lipinski definition) is 8. The highest BCUT2D eigenvalue weighted by molar-refractivity contribution is 5.93. The van der Waals surface area contributed by atoms with Crippen LogP contribution in [0.15, 0.2) is 29.1 Å². The van der Waals surface area contributed by atoms with Crippen LogP contribution in [0.5, 0.6) is 5.75 Å². The Morgan fingerprint density at radius 3 is 2.46 bits per heavy atom. The van der Waals surface area contributed by atoms with Gasteiger partial charge in [-0.05, 0) is 75.4 Å². The third-order valence-electron chi connectivity index (χ3n) is 10.1. The van der Waals surface area contributed by atoms with Gasteiger partial charge in [-0.1, -0.05) is 46.6 Å². The first-order valence-corrected chi connectivity index (χ1v) is 17.1. The zero-order chi connectivity index (χ0) is 32.6. The van der Waals surface area contributed by atoms with Crippen molar-refractivity contribution in [2.75, 3.05) is 26.2 Å². The van der Waals surface area contributed by atoms with E-state index in [4.69, 9.17) is 14.5 Å². The number of hydrogen-bond donors (Lipinski definition) is 1. The van der Waals surface area contributed by atoms with Crippen molar-refractivity contribution in [3.8, 4) is 17.1 Å². The molecular weight excluding hydrogens is 584 g/mol. The number of esters is 1. The van der Waals surface area contributed by atoms with E-state index in [1.165, 1.54) is 25.7 Å². The van der Waals surface area contributed by atoms with E-state index in [9.17, 15) is 19.5 Å². The van der Waals surface area contributed by atoms with Crippen LogP contribution in [-0.4, -0.2) is 68.7 Å². The molecule has 1 amide bonds. The maximum absolute atomic E-state index is 13.6. The first kappa shape index (κ1) is 32.2. The number of cyclic esters (lactones) is 1. The number of carbonyl (C=O) groups is 2. The van der Waals surface area contributed by atoms with Gasteiger partial charge in [0.05, 0.1) is 29.0 Å². The van der Waals surface area contributed by atoms with Crippen molar-refractivity contribution >= 4 is 23.0 Å². The molecule has 0 radical (unpaired) electrons. The molecular formula is C36H46N4O6. The van der Waals surface area contributed by atoms with Gasteiger partial charge in [0.2, 0.25) is 0 Å². The second-order valence-electron chi connectivity index (χ2n) is 12.9. The van der Waals surface area contributed by atoms with Crippen LogP contribution in [-0.2, 0) is 34.7 Å². The second-order valence-corrected chi connectivity index (χ2v) is 12.9. The number of unbranched alkanes of at least 4 members (excludes halogenated alkanes) is 2. The van der Waals surface area contributed by atoms with Crippen LogP contribution in [0.4, 0.5) is 4.79 Å². The van der Waals surface area contributed by atoms with Crippen molar-refractivity contribution < 1.29 is 24.2 Å². The zero-order valence-electron chi connectivity index (χ0n) is 27.6. The van der Waals surface area contributed by atoms with Crippen molar-refractivity contribution in [2.24, 2.45) is 0 Å². The quantitative estimate of drug-likeness (QED) is 0.228. The molecule has 0 aliphatic carbocycles. The molecule has 1 fully saturated rings. The Morgan fingerprint density at radius 1 is 1.09 bits per heavy atom. The van der Waals surface area contributed by atoms with Gasteiger partial charge in [-0.15, -0.1) is 0 Å². The fourth-order valence-electron chi connectivity index (χ4n) is 7.24. The molecule has 5 heterocycles. The number of aryl methyl sites for hydroxylation is 1. The van der Waals surface area contributed by atoms with Gasteiger partial charge in [-0.3, -0.25) is 4.79 Å². The van der Waals surface area contributed by atoms with Crippen molar-refractivity contribution in [3.63, 3.8) is 0 Å². The number of aliphatic hydroxyl groups is 1. The Balaban J connectivity index is 1.27. The number of amides is 1. The number of nitrogens with zero attached hydrogens (tertiary/aromatic N) is 4. The molecule has 46 heavy (non-hydrogen) atoms. The summed E-state index contributed by atoms with van der Waals surface area (Å²) in [4.78, 5) is 49.1. The van der Waals surface area contributed by atoms with Gasteiger partial charge in [0.15, 0.2) is 5.60 Å². The molecule has 3 aliphatic rings. The molecule has 3 aliphatic heterocycles. The fraction of sp³-hybridized carbons (Fsp3) is 0.556. The third kappa shape index (κ3) is 5.59. The van der Waals surface area contributed by atoms with Crippen LogP contribution in [0.3, 0.4) is 0 Å². The van der Waals surface area contributed by atoms with Crippen LogP contribution in [0, 0.1) is 0 Å². The number of rotatable bonds is 10. The second kappa shape index (κ2) is 13.2. The maximum Gasteiger partial charge on any atom is 0.415 e. The molecule has 10 heteroatoms. The van der Waals surface area contributed by atoms with Gasteiger partial charge in [0.1, 0.15) is 12.4 Å². The summed E-state index contributed by atoms with van der Waals surface area (Å²) in [5, 5.41) is 11.9. The predicted octanol–water partition coefficient (Wildman–Crippen LogP) is 5.51. The van der Waals surface area contributed by atoms with Crippen LogP contribution in [0.2, 0.25) is 0 Å². The van der Waals surface area contributed by atoms with E-state index in [1.807, 2.05) is 30.0 Å². The Hall–Kier alpha value is -3.76. The van der Waals surface area contributed by atoms with Crippen LogP contribution >= 0.6 is 0 Å². The summed E-state index contributed by atoms with van der Waals surface area (Å²) in [6.07, 6.45) is 7.08. The Labute approximate surface area is 270 Å². The molecule has 1 unspecified atom stereocenters. The number of pyridine rings is 2. The number of ether oxygens (including phenoxy) is 2. The monoisotopic (exact) mass is 630 g/mol. The van der Waals surface area contributed by atoms with Crippen molar-refractivity contribution in [2.45, 2.75) is 104 Å². The molecule has 10 nitrogen and oxygen atoms in total. The summed E-state index contributed by atoms with van der Waals surface area (Å²) in [6.45, 7) is 11.9. The first-order valence-electron chi connectivity index (χ1n) is 17.1. The van der Waals surface area contributed by atoms with Gasteiger partial charge in [0.25, 0.3) is 5.56 Å². The third-order valence-corrected chi connectivity index (χ3v) is 10.1. The Bertz CT molecular complexity index is 1700. The number of piperidine rings is 1. The lowest BCUT2D eigenvalue weighted by Gasteiger charge is -2.38. The molecule has 1 aromatic carbocycles. The van der Waals surface area contributed by atoms with Gasteiger partial charge in [-0.2, -0.15) is 0 Å². The molecule has 0 spiro atoms. The van der Waals surface area contributed by atoms with Crippen molar-refractivity contribution in [3.05, 3.63) is 56.9 Å². The summed E-state index contributed by atoms with van der Waals surface area (Å²) < 4.78 is 12.9. The van der Waals surface area contributed by atoms with E-state index in [1.54, 1.807) is 17.6 Å². The highest BCUT2D eigenvalue weighted by Crippen LogP contribution is 2.40. The standard InChI is InChI=1S/C36H46N4O6/c1-5-9-15-38(16-10-6-2)25-13-17-39(18-14-25)35(43)46-30-12-11-23(7-3)31-26(30)19-24-21-40-29(32(24)37-31)20-28-27(33(40)41)22-45-34(42)36(28,44)8-4/h11-12,19-20,25,44H,5-10,13-18,21-22H2,1-4H3. The zero-order valence-corrected chi connectivity index (χ0v) is 27.6. The van der Waals surface area contributed by atoms with E-state index >= 15 is 0 Å². The van der Waals surface area contributed by atoms with Gasteiger partial charge >= 0.3 is 12.1 Å². The summed E-state index contributed by atoms with van der Waals surface area (Å²) in [5.74, 6) is -0.296. The molecule has 0 saturated carbocycles. The topological polar surface area (TPSA) is 114 Å². The highest BCUT2D eigenvalue weighted by Gasteiger charge is 2.45. The Kier molecular flexibility index (Phi) is 9.21. The summed E-state index contributed by atoms with van der Waals surface area (Å²) in [7, 11) is 0. The number of likely N-dealkylation sites (tertiary alicyclic amines) is 1. The van der Waals surface area contributed by atoms with Gasteiger partial charge in [0, 0.05) is 35.6 Å². The molecule has 1 saturated heterocycles. The highest BCUT2D eigenvalue weighted by atomic mass is 16.6. The molecule has 3 aromatic rings. The van der Waals surface area contributed by atoms with Gasteiger partial charge < -0.3 is 28.9 Å². The fourth-order valence-corrected chi connectivity index (χ4v) is 7.24. The number of aromatic nitrogens is 2. The van der Waals surface area contributed by atoms with Crippen molar-refractivity contribution in [1.82, 2.24) is 19.4 Å². The minimum atomic E-state index is -1.88. The minimum Gasteiger partial charge on any atom is -0.458 e. The number of fused-ring (bicyclic) bond motifs is 5. The summed E-state index contributed by atoms with van der Waals surface area (Å²) in [5.41, 5.74) is 2.08. The first-order chi connectivity index (χ1) is 22.2. The van der Waals surface area contributed by atoms with Crippen molar-refractivity contribution in [1.29, 1.82) is 0 Å². The molecule has 1 atom stereocenters. The average molecular weight is 631 g/mol. The van der Waals surface area contributed by atoms with E-state index in [2.05, 4.69) is 18.7 Å². The van der Waals surface area contributed by atoms with Crippen LogP contribution in [0.25, 0.3) is 22.3 Å². The molecule has 6 rings (SSSR count). The van der Waals surface area contributed by atoms with E-state index in [0.717, 1.165) is 48.9 Å². The minimum absolute atomic E-state index is 0.0854. The van der Waals surface area contributed by atoms with E-state index < -0.39 is 11.6 Å². The lowest BCUT2D eigenvalue weighted by atomic mass is 9.86. The molecule has 0 bridgehead atoms. The molecule has 2 aromatic heterocycles. The van der Waals surface area contributed by atoms with Gasteiger partial charge in [-0.25, -0.2) is 14.6 Å². The smallest absolute Gasteiger partial charge is 0.415 e. The molecule has 246 valence electrons. The predicted molar refractivity (Wildman–Crippen MR) is 176 cm³/mol. The van der Waals surface area contributed by atoms with Crippen LogP contribution < -0.4 is 10.3 Å². The maximum atomic E-state index is 13.6. The van der Waals surface area contributed by atoms with Crippen LogP contribution in [0.1, 0.15) is 94.9 Å². The molecule has 1 N–H and O–H groups in total. The van der Waals surface area contributed by atoms with E-state index in [-0.39, 0.29) is 36.8 Å². The number of benzene rings is 1. The lowest BCUT2D eigenvalue weighted by Crippen LogP contribution is -2.48. The lowest BCUT2D eigenvalue weighted by molar-refractivity contribution is -0.172.